The quantitative estimate of drug-likeness (QED) is 0.528. The van der Waals surface area contributed by atoms with E-state index in [-0.39, 0.29) is 5.41 Å². The number of phenols is 1. The van der Waals surface area contributed by atoms with Gasteiger partial charge < -0.3 is 5.11 Å². The third-order valence-corrected chi connectivity index (χ3v) is 8.75. The van der Waals surface area contributed by atoms with Gasteiger partial charge in [-0.1, -0.05) is 85.2 Å². The van der Waals surface area contributed by atoms with Crippen LogP contribution in [0, 0.1) is 11.3 Å². The fraction of sp³-hybridized carbons (Fsp3) is 0.600. The van der Waals surface area contributed by atoms with E-state index < -0.39 is 0 Å². The minimum absolute atomic E-state index is 0.169. The molecule has 2 aromatic rings. The van der Waals surface area contributed by atoms with Gasteiger partial charge in [0.2, 0.25) is 0 Å². The summed E-state index contributed by atoms with van der Waals surface area (Å²) in [4.78, 5) is 0. The lowest BCUT2D eigenvalue weighted by Crippen LogP contribution is -2.49. The van der Waals surface area contributed by atoms with Crippen LogP contribution in [0.15, 0.2) is 36.4 Å². The number of phenolic OH excluding ortho intramolecular Hbond substituents is 1. The van der Waals surface area contributed by atoms with Gasteiger partial charge in [-0.2, -0.15) is 0 Å². The molecular formula is C30H42O. The molecule has 1 fully saturated rings. The third kappa shape index (κ3) is 3.94. The van der Waals surface area contributed by atoms with E-state index in [1.165, 1.54) is 47.9 Å². The van der Waals surface area contributed by atoms with Crippen LogP contribution in [0.2, 0.25) is 0 Å². The summed E-state index contributed by atoms with van der Waals surface area (Å²) in [5, 5.41) is 10.9. The Morgan fingerprint density at radius 2 is 1.61 bits per heavy atom. The van der Waals surface area contributed by atoms with Crippen molar-refractivity contribution in [2.24, 2.45) is 11.3 Å². The predicted octanol–water partition coefficient (Wildman–Crippen LogP) is 8.45. The highest BCUT2D eigenvalue weighted by Crippen LogP contribution is 2.60. The fourth-order valence-corrected chi connectivity index (χ4v) is 6.87. The van der Waals surface area contributed by atoms with Crippen molar-refractivity contribution in [3.8, 4) is 5.75 Å². The van der Waals surface area contributed by atoms with Crippen molar-refractivity contribution in [3.05, 3.63) is 64.2 Å². The highest BCUT2D eigenvalue weighted by molar-refractivity contribution is 5.51. The highest BCUT2D eigenvalue weighted by Gasteiger charge is 2.52. The first-order chi connectivity index (χ1) is 14.5. The molecule has 31 heavy (non-hydrogen) atoms. The molecule has 1 N–H and O–H groups in total. The van der Waals surface area contributed by atoms with Crippen molar-refractivity contribution in [2.45, 2.75) is 104 Å². The zero-order valence-corrected chi connectivity index (χ0v) is 20.8. The van der Waals surface area contributed by atoms with E-state index in [1.807, 2.05) is 0 Å². The van der Waals surface area contributed by atoms with Crippen LogP contribution < -0.4 is 0 Å². The number of rotatable bonds is 4. The molecule has 0 heterocycles. The van der Waals surface area contributed by atoms with Gasteiger partial charge in [0.15, 0.2) is 0 Å². The van der Waals surface area contributed by atoms with Gasteiger partial charge in [-0.05, 0) is 94.1 Å². The average molecular weight is 419 g/mol. The van der Waals surface area contributed by atoms with Gasteiger partial charge in [0, 0.05) is 0 Å². The Labute approximate surface area is 190 Å². The van der Waals surface area contributed by atoms with Gasteiger partial charge in [0.05, 0.1) is 0 Å². The Morgan fingerprint density at radius 3 is 2.23 bits per heavy atom. The van der Waals surface area contributed by atoms with Crippen molar-refractivity contribution < 1.29 is 5.11 Å². The van der Waals surface area contributed by atoms with Crippen molar-refractivity contribution in [3.63, 3.8) is 0 Å². The SMILES string of the molecule is CC(C)c1ccc(C[C@@H]2C[C@H]3C(C)(C)CCC[C@]3(C)c3cc(O)c(C(C)C)cc32)cc1. The number of hydrogen-bond acceptors (Lipinski definition) is 1. The summed E-state index contributed by atoms with van der Waals surface area (Å²) >= 11 is 0. The van der Waals surface area contributed by atoms with Crippen LogP contribution in [0.25, 0.3) is 0 Å². The van der Waals surface area contributed by atoms with Gasteiger partial charge in [-0.15, -0.1) is 0 Å². The second-order valence-corrected chi connectivity index (χ2v) is 12.0. The van der Waals surface area contributed by atoms with E-state index in [0.29, 0.717) is 34.8 Å². The summed E-state index contributed by atoms with van der Waals surface area (Å²) in [5.41, 5.74) is 7.42. The molecule has 3 atom stereocenters. The van der Waals surface area contributed by atoms with Crippen LogP contribution in [0.3, 0.4) is 0 Å². The Kier molecular flexibility index (Phi) is 5.78. The Hall–Kier alpha value is -1.76. The van der Waals surface area contributed by atoms with E-state index in [2.05, 4.69) is 84.9 Å². The highest BCUT2D eigenvalue weighted by atomic mass is 16.3. The Bertz CT molecular complexity index is 934. The van der Waals surface area contributed by atoms with E-state index in [1.54, 1.807) is 0 Å². The monoisotopic (exact) mass is 418 g/mol. The number of benzene rings is 2. The molecule has 168 valence electrons. The maximum atomic E-state index is 10.9. The molecular weight excluding hydrogens is 376 g/mol. The molecule has 0 amide bonds. The van der Waals surface area contributed by atoms with E-state index in [9.17, 15) is 5.11 Å². The van der Waals surface area contributed by atoms with Crippen LogP contribution in [0.1, 0.15) is 120 Å². The Morgan fingerprint density at radius 1 is 0.935 bits per heavy atom. The van der Waals surface area contributed by atoms with Crippen molar-refractivity contribution >= 4 is 0 Å². The Balaban J connectivity index is 1.80. The van der Waals surface area contributed by atoms with Gasteiger partial charge in [-0.3, -0.25) is 0 Å². The molecule has 0 unspecified atom stereocenters. The summed E-state index contributed by atoms with van der Waals surface area (Å²) in [7, 11) is 0. The molecule has 2 aliphatic carbocycles. The van der Waals surface area contributed by atoms with Gasteiger partial charge in [0.1, 0.15) is 5.75 Å². The van der Waals surface area contributed by atoms with E-state index in [0.717, 1.165) is 12.0 Å². The standard InChI is InChI=1S/C30H42O/c1-19(2)22-11-9-21(10-12-22)15-23-16-28-29(5,6)13-8-14-30(28,7)26-18-27(31)24(20(3)4)17-25(23)26/h9-12,17-20,23,28,31H,8,13-16H2,1-7H3/t23-,28+,30-/m1/s1. The van der Waals surface area contributed by atoms with Crippen molar-refractivity contribution in [2.75, 3.05) is 0 Å². The van der Waals surface area contributed by atoms with Gasteiger partial charge in [-0.25, -0.2) is 0 Å². The molecule has 0 saturated heterocycles. The zero-order chi connectivity index (χ0) is 22.6. The smallest absolute Gasteiger partial charge is 0.119 e. The van der Waals surface area contributed by atoms with E-state index in [4.69, 9.17) is 0 Å². The lowest BCUT2D eigenvalue weighted by Gasteiger charge is -2.56. The van der Waals surface area contributed by atoms with Gasteiger partial charge in [0.25, 0.3) is 0 Å². The topological polar surface area (TPSA) is 20.2 Å². The first-order valence-corrected chi connectivity index (χ1v) is 12.5. The summed E-state index contributed by atoms with van der Waals surface area (Å²) in [6.45, 7) is 16.4. The van der Waals surface area contributed by atoms with Gasteiger partial charge >= 0.3 is 0 Å². The van der Waals surface area contributed by atoms with Crippen LogP contribution >= 0.6 is 0 Å². The van der Waals surface area contributed by atoms with Crippen molar-refractivity contribution in [1.82, 2.24) is 0 Å². The van der Waals surface area contributed by atoms with Crippen LogP contribution in [0.4, 0.5) is 0 Å². The molecule has 0 aromatic heterocycles. The summed E-state index contributed by atoms with van der Waals surface area (Å²) in [5.74, 6) is 2.59. The first kappa shape index (κ1) is 22.4. The average Bonchev–Trinajstić information content (AvgIpc) is 2.69. The summed E-state index contributed by atoms with van der Waals surface area (Å²) < 4.78 is 0. The zero-order valence-electron chi connectivity index (χ0n) is 20.8. The molecule has 1 nitrogen and oxygen atoms in total. The molecule has 0 bridgehead atoms. The maximum absolute atomic E-state index is 10.9. The number of hydrogen-bond donors (Lipinski definition) is 1. The normalized spacial score (nSPS) is 27.3. The number of aromatic hydroxyl groups is 1. The minimum Gasteiger partial charge on any atom is -0.508 e. The summed E-state index contributed by atoms with van der Waals surface area (Å²) in [6.07, 6.45) is 6.19. The lowest BCUT2D eigenvalue weighted by molar-refractivity contribution is 0.0324. The first-order valence-electron chi connectivity index (χ1n) is 12.5. The molecule has 1 saturated carbocycles. The molecule has 2 aromatic carbocycles. The van der Waals surface area contributed by atoms with Crippen LogP contribution in [-0.4, -0.2) is 5.11 Å². The molecule has 2 aliphatic rings. The van der Waals surface area contributed by atoms with E-state index >= 15 is 0 Å². The molecule has 0 spiro atoms. The number of fused-ring (bicyclic) bond motifs is 3. The largest absolute Gasteiger partial charge is 0.508 e. The molecule has 4 rings (SSSR count). The summed E-state index contributed by atoms with van der Waals surface area (Å²) in [6, 6.07) is 13.8. The molecule has 1 heteroatoms. The molecule has 0 radical (unpaired) electrons. The fourth-order valence-electron chi connectivity index (χ4n) is 6.87. The minimum atomic E-state index is 0.169. The predicted molar refractivity (Wildman–Crippen MR) is 132 cm³/mol. The lowest BCUT2D eigenvalue weighted by atomic mass is 9.48. The van der Waals surface area contributed by atoms with Crippen LogP contribution in [0.5, 0.6) is 5.75 Å². The second-order valence-electron chi connectivity index (χ2n) is 12.0. The van der Waals surface area contributed by atoms with Crippen molar-refractivity contribution in [1.29, 1.82) is 0 Å². The third-order valence-electron chi connectivity index (χ3n) is 8.75. The van der Waals surface area contributed by atoms with Crippen LogP contribution in [-0.2, 0) is 11.8 Å². The second kappa shape index (κ2) is 7.98. The maximum Gasteiger partial charge on any atom is 0.119 e. The molecule has 0 aliphatic heterocycles.